The quantitative estimate of drug-likeness (QED) is 0.895. The monoisotopic (exact) mass is 308 g/mol. The Morgan fingerprint density at radius 2 is 1.83 bits per heavy atom. The van der Waals surface area contributed by atoms with E-state index in [0.29, 0.717) is 10.9 Å². The summed E-state index contributed by atoms with van der Waals surface area (Å²) in [5, 5.41) is 10.1. The van der Waals surface area contributed by atoms with E-state index in [9.17, 15) is 9.50 Å². The Kier molecular flexibility index (Phi) is 4.50. The van der Waals surface area contributed by atoms with Gasteiger partial charge < -0.3 is 5.11 Å². The smallest absolute Gasteiger partial charge is 0.124 e. The normalized spacial score (nSPS) is 12.4. The average molecular weight is 309 g/mol. The van der Waals surface area contributed by atoms with Crippen molar-refractivity contribution >= 4 is 15.9 Å². The van der Waals surface area contributed by atoms with Crippen molar-refractivity contribution < 1.29 is 9.50 Å². The van der Waals surface area contributed by atoms with Gasteiger partial charge in [-0.25, -0.2) is 4.39 Å². The lowest BCUT2D eigenvalue weighted by Gasteiger charge is -2.13. The second-order valence-corrected chi connectivity index (χ2v) is 5.06. The van der Waals surface area contributed by atoms with Crippen molar-refractivity contribution in [3.05, 3.63) is 69.9 Å². The van der Waals surface area contributed by atoms with E-state index >= 15 is 0 Å². The maximum atomic E-state index is 13.0. The first-order chi connectivity index (χ1) is 8.66. The van der Waals surface area contributed by atoms with E-state index in [1.165, 1.54) is 17.7 Å². The SMILES string of the molecule is OC(CCc1ccccc1)c1ccc(F)cc1Br. The van der Waals surface area contributed by atoms with Crippen LogP contribution in [0.4, 0.5) is 4.39 Å². The Labute approximate surface area is 114 Å². The van der Waals surface area contributed by atoms with Crippen LogP contribution < -0.4 is 0 Å². The van der Waals surface area contributed by atoms with Gasteiger partial charge in [0.2, 0.25) is 0 Å². The first-order valence-corrected chi connectivity index (χ1v) is 6.63. The summed E-state index contributed by atoms with van der Waals surface area (Å²) in [4.78, 5) is 0. The topological polar surface area (TPSA) is 20.2 Å². The zero-order chi connectivity index (χ0) is 13.0. The van der Waals surface area contributed by atoms with Gasteiger partial charge >= 0.3 is 0 Å². The summed E-state index contributed by atoms with van der Waals surface area (Å²) in [6, 6.07) is 14.4. The number of aliphatic hydroxyl groups is 1. The highest BCUT2D eigenvalue weighted by Crippen LogP contribution is 2.27. The Balaban J connectivity index is 2.01. The van der Waals surface area contributed by atoms with Crippen molar-refractivity contribution in [2.24, 2.45) is 0 Å². The Bertz CT molecular complexity index is 513. The van der Waals surface area contributed by atoms with E-state index in [1.807, 2.05) is 30.3 Å². The highest BCUT2D eigenvalue weighted by molar-refractivity contribution is 9.10. The van der Waals surface area contributed by atoms with E-state index in [4.69, 9.17) is 0 Å². The molecule has 2 rings (SSSR count). The van der Waals surface area contributed by atoms with Crippen molar-refractivity contribution in [2.75, 3.05) is 0 Å². The summed E-state index contributed by atoms with van der Waals surface area (Å²) in [6.45, 7) is 0. The zero-order valence-electron chi connectivity index (χ0n) is 9.81. The molecule has 0 aromatic heterocycles. The second kappa shape index (κ2) is 6.12. The number of rotatable bonds is 4. The molecule has 1 atom stereocenters. The maximum absolute atomic E-state index is 13.0. The fourth-order valence-electron chi connectivity index (χ4n) is 1.88. The molecule has 18 heavy (non-hydrogen) atoms. The van der Waals surface area contributed by atoms with Crippen LogP contribution in [0.15, 0.2) is 53.0 Å². The van der Waals surface area contributed by atoms with Crippen molar-refractivity contribution in [1.82, 2.24) is 0 Å². The minimum Gasteiger partial charge on any atom is -0.388 e. The average Bonchev–Trinajstić information content (AvgIpc) is 2.37. The third-order valence-corrected chi connectivity index (χ3v) is 3.56. The van der Waals surface area contributed by atoms with Crippen LogP contribution in [0.5, 0.6) is 0 Å². The fourth-order valence-corrected chi connectivity index (χ4v) is 2.49. The third kappa shape index (κ3) is 3.40. The van der Waals surface area contributed by atoms with Crippen molar-refractivity contribution in [1.29, 1.82) is 0 Å². The third-order valence-electron chi connectivity index (χ3n) is 2.87. The van der Waals surface area contributed by atoms with Crippen LogP contribution in [-0.2, 0) is 6.42 Å². The highest BCUT2D eigenvalue weighted by atomic mass is 79.9. The molecule has 1 nitrogen and oxygen atoms in total. The molecule has 0 bridgehead atoms. The number of aryl methyl sites for hydroxylation is 1. The lowest BCUT2D eigenvalue weighted by atomic mass is 10.0. The summed E-state index contributed by atoms with van der Waals surface area (Å²) in [5.74, 6) is -0.305. The van der Waals surface area contributed by atoms with Crippen LogP contribution in [0.1, 0.15) is 23.7 Å². The Morgan fingerprint density at radius 1 is 1.11 bits per heavy atom. The maximum Gasteiger partial charge on any atom is 0.124 e. The standard InChI is InChI=1S/C15H14BrFO/c16-14-10-12(17)7-8-13(14)15(18)9-6-11-4-2-1-3-5-11/h1-5,7-8,10,15,18H,6,9H2. The predicted octanol–water partition coefficient (Wildman–Crippen LogP) is 4.25. The van der Waals surface area contributed by atoms with Crippen LogP contribution in [0.25, 0.3) is 0 Å². The van der Waals surface area contributed by atoms with E-state index in [1.54, 1.807) is 6.07 Å². The largest absolute Gasteiger partial charge is 0.388 e. The lowest BCUT2D eigenvalue weighted by molar-refractivity contribution is 0.167. The molecule has 0 aliphatic heterocycles. The minimum atomic E-state index is -0.583. The summed E-state index contributed by atoms with van der Waals surface area (Å²) in [7, 11) is 0. The van der Waals surface area contributed by atoms with Gasteiger partial charge in [-0.2, -0.15) is 0 Å². The van der Waals surface area contributed by atoms with Gasteiger partial charge in [0.1, 0.15) is 5.82 Å². The zero-order valence-corrected chi connectivity index (χ0v) is 11.4. The molecule has 94 valence electrons. The molecule has 1 N–H and O–H groups in total. The lowest BCUT2D eigenvalue weighted by Crippen LogP contribution is -2.01. The predicted molar refractivity (Wildman–Crippen MR) is 73.8 cm³/mol. The fraction of sp³-hybridized carbons (Fsp3) is 0.200. The summed E-state index contributed by atoms with van der Waals surface area (Å²) in [6.07, 6.45) is 0.834. The molecule has 0 aliphatic rings. The molecule has 0 amide bonds. The van der Waals surface area contributed by atoms with Gasteiger partial charge in [-0.05, 0) is 36.1 Å². The molecule has 2 aromatic rings. The molecule has 0 spiro atoms. The van der Waals surface area contributed by atoms with E-state index < -0.39 is 6.10 Å². The molecule has 1 unspecified atom stereocenters. The number of hydrogen-bond donors (Lipinski definition) is 1. The second-order valence-electron chi connectivity index (χ2n) is 4.21. The van der Waals surface area contributed by atoms with Crippen LogP contribution in [0, 0.1) is 5.82 Å². The Morgan fingerprint density at radius 3 is 2.50 bits per heavy atom. The molecule has 0 heterocycles. The van der Waals surface area contributed by atoms with Crippen molar-refractivity contribution in [3.63, 3.8) is 0 Å². The van der Waals surface area contributed by atoms with Crippen LogP contribution in [-0.4, -0.2) is 5.11 Å². The van der Waals surface area contributed by atoms with E-state index in [0.717, 1.165) is 12.0 Å². The van der Waals surface area contributed by atoms with Gasteiger partial charge in [0.15, 0.2) is 0 Å². The summed E-state index contributed by atoms with van der Waals surface area (Å²) >= 11 is 3.27. The van der Waals surface area contributed by atoms with Gasteiger partial charge in [-0.1, -0.05) is 52.3 Å². The number of benzene rings is 2. The molecular formula is C15H14BrFO. The molecule has 0 fully saturated rings. The van der Waals surface area contributed by atoms with E-state index in [2.05, 4.69) is 15.9 Å². The van der Waals surface area contributed by atoms with E-state index in [-0.39, 0.29) is 5.82 Å². The molecule has 3 heteroatoms. The first kappa shape index (κ1) is 13.2. The first-order valence-electron chi connectivity index (χ1n) is 5.84. The van der Waals surface area contributed by atoms with Crippen LogP contribution in [0.3, 0.4) is 0 Å². The van der Waals surface area contributed by atoms with Crippen molar-refractivity contribution in [3.8, 4) is 0 Å². The number of aliphatic hydroxyl groups excluding tert-OH is 1. The van der Waals surface area contributed by atoms with Gasteiger partial charge in [-0.3, -0.25) is 0 Å². The molecule has 0 saturated carbocycles. The number of halogens is 2. The molecule has 0 saturated heterocycles. The number of hydrogen-bond acceptors (Lipinski definition) is 1. The minimum absolute atomic E-state index is 0.305. The highest BCUT2D eigenvalue weighted by Gasteiger charge is 2.11. The molecule has 2 aromatic carbocycles. The Hall–Kier alpha value is -1.19. The van der Waals surface area contributed by atoms with Gasteiger partial charge in [0.05, 0.1) is 6.10 Å². The van der Waals surface area contributed by atoms with Gasteiger partial charge in [-0.15, -0.1) is 0 Å². The molecule has 0 aliphatic carbocycles. The summed E-state index contributed by atoms with van der Waals surface area (Å²) in [5.41, 5.74) is 1.92. The van der Waals surface area contributed by atoms with Crippen LogP contribution >= 0.6 is 15.9 Å². The van der Waals surface area contributed by atoms with Gasteiger partial charge in [0, 0.05) is 4.47 Å². The molecule has 0 radical (unpaired) electrons. The molecular weight excluding hydrogens is 295 g/mol. The van der Waals surface area contributed by atoms with Crippen LogP contribution in [0.2, 0.25) is 0 Å². The summed E-state index contributed by atoms with van der Waals surface area (Å²) < 4.78 is 13.6. The van der Waals surface area contributed by atoms with Gasteiger partial charge in [0.25, 0.3) is 0 Å². The van der Waals surface area contributed by atoms with Crippen molar-refractivity contribution in [2.45, 2.75) is 18.9 Å².